The molecule has 0 bridgehead atoms. The van der Waals surface area contributed by atoms with Gasteiger partial charge in [0, 0.05) is 31.1 Å². The standard InChI is InChI=1S/C14H18N2O3/c15-8-10-6-14(17)16(9-10)11-2-3-12-13(7-11)19-5-1-4-18-12/h2-3,7,10H,1,4-6,8-9,15H2. The van der Waals surface area contributed by atoms with Crippen molar-refractivity contribution >= 4 is 11.6 Å². The van der Waals surface area contributed by atoms with Gasteiger partial charge in [-0.2, -0.15) is 0 Å². The molecular weight excluding hydrogens is 244 g/mol. The largest absolute Gasteiger partial charge is 0.490 e. The average Bonchev–Trinajstić information content (AvgIpc) is 2.66. The second kappa shape index (κ2) is 5.09. The van der Waals surface area contributed by atoms with E-state index in [4.69, 9.17) is 15.2 Å². The second-order valence-electron chi connectivity index (χ2n) is 4.99. The van der Waals surface area contributed by atoms with Gasteiger partial charge in [0.25, 0.3) is 0 Å². The van der Waals surface area contributed by atoms with Gasteiger partial charge >= 0.3 is 0 Å². The normalized spacial score (nSPS) is 22.5. The summed E-state index contributed by atoms with van der Waals surface area (Å²) in [5.74, 6) is 1.86. The zero-order valence-electron chi connectivity index (χ0n) is 10.8. The van der Waals surface area contributed by atoms with Gasteiger partial charge in [-0.1, -0.05) is 0 Å². The van der Waals surface area contributed by atoms with Crippen LogP contribution in [0.2, 0.25) is 0 Å². The fourth-order valence-electron chi connectivity index (χ4n) is 2.51. The van der Waals surface area contributed by atoms with Crippen molar-refractivity contribution in [2.75, 3.05) is 31.2 Å². The Morgan fingerprint density at radius 1 is 1.26 bits per heavy atom. The first kappa shape index (κ1) is 12.3. The van der Waals surface area contributed by atoms with Gasteiger partial charge in [0.2, 0.25) is 5.91 Å². The van der Waals surface area contributed by atoms with Crippen LogP contribution in [0.25, 0.3) is 0 Å². The lowest BCUT2D eigenvalue weighted by molar-refractivity contribution is -0.117. The van der Waals surface area contributed by atoms with Gasteiger partial charge in [0.05, 0.1) is 13.2 Å². The number of carbonyl (C=O) groups excluding carboxylic acids is 1. The molecule has 0 aliphatic carbocycles. The van der Waals surface area contributed by atoms with Gasteiger partial charge < -0.3 is 20.1 Å². The fraction of sp³-hybridized carbons (Fsp3) is 0.500. The molecule has 1 aromatic rings. The summed E-state index contributed by atoms with van der Waals surface area (Å²) < 4.78 is 11.2. The highest BCUT2D eigenvalue weighted by Gasteiger charge is 2.30. The van der Waals surface area contributed by atoms with Crippen molar-refractivity contribution < 1.29 is 14.3 Å². The number of hydrogen-bond acceptors (Lipinski definition) is 4. The summed E-state index contributed by atoms with van der Waals surface area (Å²) >= 11 is 0. The third-order valence-electron chi connectivity index (χ3n) is 3.58. The van der Waals surface area contributed by atoms with Crippen LogP contribution in [0.5, 0.6) is 11.5 Å². The van der Waals surface area contributed by atoms with Crippen LogP contribution in [0, 0.1) is 5.92 Å². The number of ether oxygens (including phenoxy) is 2. The zero-order chi connectivity index (χ0) is 13.2. The van der Waals surface area contributed by atoms with Crippen LogP contribution in [-0.2, 0) is 4.79 Å². The first-order valence-electron chi connectivity index (χ1n) is 6.68. The SMILES string of the molecule is NCC1CC(=O)N(c2ccc3c(c2)OCCCO3)C1. The van der Waals surface area contributed by atoms with Crippen LogP contribution in [0.4, 0.5) is 5.69 Å². The summed E-state index contributed by atoms with van der Waals surface area (Å²) in [6.07, 6.45) is 1.41. The molecule has 1 amide bonds. The molecular formula is C14H18N2O3. The summed E-state index contributed by atoms with van der Waals surface area (Å²) in [4.78, 5) is 13.8. The van der Waals surface area contributed by atoms with E-state index in [1.807, 2.05) is 18.2 Å². The van der Waals surface area contributed by atoms with E-state index in [1.54, 1.807) is 4.90 Å². The molecule has 102 valence electrons. The zero-order valence-corrected chi connectivity index (χ0v) is 10.8. The number of carbonyl (C=O) groups is 1. The Labute approximate surface area is 112 Å². The number of benzene rings is 1. The Balaban J connectivity index is 1.86. The molecule has 1 saturated heterocycles. The van der Waals surface area contributed by atoms with E-state index >= 15 is 0 Å². The molecule has 19 heavy (non-hydrogen) atoms. The van der Waals surface area contributed by atoms with E-state index in [1.165, 1.54) is 0 Å². The maximum atomic E-state index is 12.0. The minimum absolute atomic E-state index is 0.130. The Morgan fingerprint density at radius 3 is 2.79 bits per heavy atom. The van der Waals surface area contributed by atoms with Crippen molar-refractivity contribution in [2.45, 2.75) is 12.8 Å². The molecule has 2 N–H and O–H groups in total. The topological polar surface area (TPSA) is 64.8 Å². The van der Waals surface area contributed by atoms with E-state index in [-0.39, 0.29) is 11.8 Å². The predicted molar refractivity (Wildman–Crippen MR) is 71.6 cm³/mol. The molecule has 3 rings (SSSR count). The highest BCUT2D eigenvalue weighted by Crippen LogP contribution is 2.35. The Kier molecular flexibility index (Phi) is 3.29. The van der Waals surface area contributed by atoms with Crippen LogP contribution >= 0.6 is 0 Å². The van der Waals surface area contributed by atoms with E-state index in [2.05, 4.69) is 0 Å². The molecule has 5 nitrogen and oxygen atoms in total. The van der Waals surface area contributed by atoms with Crippen LogP contribution in [0.15, 0.2) is 18.2 Å². The van der Waals surface area contributed by atoms with Crippen LogP contribution in [-0.4, -0.2) is 32.2 Å². The second-order valence-corrected chi connectivity index (χ2v) is 4.99. The van der Waals surface area contributed by atoms with Gasteiger partial charge in [-0.25, -0.2) is 0 Å². The summed E-state index contributed by atoms with van der Waals surface area (Å²) in [7, 11) is 0. The summed E-state index contributed by atoms with van der Waals surface area (Å²) in [5, 5.41) is 0. The minimum atomic E-state index is 0.130. The molecule has 0 saturated carbocycles. The number of fused-ring (bicyclic) bond motifs is 1. The molecule has 5 heteroatoms. The fourth-order valence-corrected chi connectivity index (χ4v) is 2.51. The Hall–Kier alpha value is -1.75. The van der Waals surface area contributed by atoms with Crippen LogP contribution in [0.1, 0.15) is 12.8 Å². The third-order valence-corrected chi connectivity index (χ3v) is 3.58. The Morgan fingerprint density at radius 2 is 2.05 bits per heavy atom. The molecule has 1 fully saturated rings. The molecule has 2 heterocycles. The van der Waals surface area contributed by atoms with E-state index < -0.39 is 0 Å². The molecule has 0 radical (unpaired) electrons. The highest BCUT2D eigenvalue weighted by molar-refractivity contribution is 5.96. The molecule has 0 spiro atoms. The van der Waals surface area contributed by atoms with Crippen molar-refractivity contribution in [3.8, 4) is 11.5 Å². The van der Waals surface area contributed by atoms with Gasteiger partial charge in [-0.15, -0.1) is 0 Å². The predicted octanol–water partition coefficient (Wildman–Crippen LogP) is 1.16. The number of rotatable bonds is 2. The van der Waals surface area contributed by atoms with Crippen LogP contribution in [0.3, 0.4) is 0 Å². The monoisotopic (exact) mass is 262 g/mol. The Bertz CT molecular complexity index is 490. The lowest BCUT2D eigenvalue weighted by Crippen LogP contribution is -2.25. The number of anilines is 1. The highest BCUT2D eigenvalue weighted by atomic mass is 16.5. The van der Waals surface area contributed by atoms with E-state index in [0.29, 0.717) is 32.7 Å². The number of nitrogens with zero attached hydrogens (tertiary/aromatic N) is 1. The quantitative estimate of drug-likeness (QED) is 0.868. The minimum Gasteiger partial charge on any atom is -0.490 e. The summed E-state index contributed by atoms with van der Waals surface area (Å²) in [6, 6.07) is 5.67. The van der Waals surface area contributed by atoms with Gasteiger partial charge in [0.15, 0.2) is 11.5 Å². The van der Waals surface area contributed by atoms with Crippen molar-refractivity contribution in [3.63, 3.8) is 0 Å². The van der Waals surface area contributed by atoms with Gasteiger partial charge in [0.1, 0.15) is 0 Å². The average molecular weight is 262 g/mol. The molecule has 0 aromatic heterocycles. The van der Waals surface area contributed by atoms with Gasteiger partial charge in [-0.05, 0) is 24.6 Å². The molecule has 2 aliphatic rings. The van der Waals surface area contributed by atoms with Crippen molar-refractivity contribution in [1.82, 2.24) is 0 Å². The summed E-state index contributed by atoms with van der Waals surface area (Å²) in [5.41, 5.74) is 6.51. The maximum Gasteiger partial charge on any atom is 0.227 e. The molecule has 1 unspecified atom stereocenters. The van der Waals surface area contributed by atoms with Crippen molar-refractivity contribution in [1.29, 1.82) is 0 Å². The smallest absolute Gasteiger partial charge is 0.227 e. The van der Waals surface area contributed by atoms with E-state index in [9.17, 15) is 4.79 Å². The number of hydrogen-bond donors (Lipinski definition) is 1. The van der Waals surface area contributed by atoms with Gasteiger partial charge in [-0.3, -0.25) is 4.79 Å². The first-order valence-corrected chi connectivity index (χ1v) is 6.68. The maximum absolute atomic E-state index is 12.0. The summed E-state index contributed by atoms with van der Waals surface area (Å²) in [6.45, 7) is 2.56. The van der Waals surface area contributed by atoms with Crippen molar-refractivity contribution in [3.05, 3.63) is 18.2 Å². The third kappa shape index (κ3) is 2.38. The number of nitrogens with two attached hydrogens (primary N) is 1. The first-order chi connectivity index (χ1) is 9.28. The molecule has 1 aromatic carbocycles. The lowest BCUT2D eigenvalue weighted by atomic mass is 10.1. The van der Waals surface area contributed by atoms with Crippen molar-refractivity contribution in [2.24, 2.45) is 11.7 Å². The molecule has 1 atom stereocenters. The molecule has 2 aliphatic heterocycles. The van der Waals surface area contributed by atoms with Crippen LogP contribution < -0.4 is 20.1 Å². The lowest BCUT2D eigenvalue weighted by Gasteiger charge is -2.18. The number of amides is 1. The van der Waals surface area contributed by atoms with E-state index in [0.717, 1.165) is 23.6 Å².